The minimum absolute atomic E-state index is 0.0622. The first-order valence-corrected chi connectivity index (χ1v) is 7.45. The quantitative estimate of drug-likeness (QED) is 0.642. The number of rotatable bonds is 1. The van der Waals surface area contributed by atoms with Gasteiger partial charge in [-0.15, -0.1) is 5.10 Å². The maximum absolute atomic E-state index is 11.4. The Morgan fingerprint density at radius 1 is 1.11 bits per heavy atom. The number of fused-ring (bicyclic) bond motifs is 3. The standard InChI is InChI=1S/C12H7ClN2O2S/c13-18(16,17)10-5-4-8-2-1-3-9-7-14-15-12(9)11(8)6-10/h1-7H. The third-order valence-corrected chi connectivity index (χ3v) is 4.09. The molecule has 2 aliphatic rings. The van der Waals surface area contributed by atoms with Crippen LogP contribution in [-0.2, 0) is 9.05 Å². The van der Waals surface area contributed by atoms with Crippen LogP contribution >= 0.6 is 10.7 Å². The van der Waals surface area contributed by atoms with Gasteiger partial charge in [0.1, 0.15) is 5.69 Å². The summed E-state index contributed by atoms with van der Waals surface area (Å²) < 4.78 is 22.7. The van der Waals surface area contributed by atoms with Gasteiger partial charge in [-0.2, -0.15) is 5.10 Å². The van der Waals surface area contributed by atoms with Gasteiger partial charge in [0.2, 0.25) is 0 Å². The van der Waals surface area contributed by atoms with Crippen LogP contribution in [0.15, 0.2) is 47.5 Å². The summed E-state index contributed by atoms with van der Waals surface area (Å²) in [6.07, 6.45) is 1.64. The summed E-state index contributed by atoms with van der Waals surface area (Å²) in [6.45, 7) is 0. The third-order valence-electron chi connectivity index (χ3n) is 2.74. The molecular formula is C12H7ClN2O2S. The molecule has 0 bridgehead atoms. The van der Waals surface area contributed by atoms with Crippen LogP contribution in [0.4, 0.5) is 0 Å². The van der Waals surface area contributed by atoms with Crippen LogP contribution in [0.3, 0.4) is 0 Å². The molecule has 0 saturated carbocycles. The maximum atomic E-state index is 11.4. The Bertz CT molecular complexity index is 817. The zero-order valence-corrected chi connectivity index (χ0v) is 10.6. The molecule has 1 heterocycles. The van der Waals surface area contributed by atoms with E-state index in [0.29, 0.717) is 11.1 Å². The molecule has 90 valence electrons. The summed E-state index contributed by atoms with van der Waals surface area (Å²) >= 11 is 0. The van der Waals surface area contributed by atoms with Gasteiger partial charge in [-0.25, -0.2) is 8.42 Å². The van der Waals surface area contributed by atoms with Crippen LogP contribution < -0.4 is 0 Å². The van der Waals surface area contributed by atoms with E-state index in [-0.39, 0.29) is 4.90 Å². The Labute approximate surface area is 108 Å². The maximum Gasteiger partial charge on any atom is 0.261 e. The van der Waals surface area contributed by atoms with E-state index < -0.39 is 9.05 Å². The molecular weight excluding hydrogens is 272 g/mol. The molecule has 1 aliphatic carbocycles. The van der Waals surface area contributed by atoms with Gasteiger partial charge in [0.15, 0.2) is 0 Å². The van der Waals surface area contributed by atoms with Gasteiger partial charge in [0, 0.05) is 21.6 Å². The fourth-order valence-electron chi connectivity index (χ4n) is 1.89. The molecule has 0 aromatic heterocycles. The van der Waals surface area contributed by atoms with Gasteiger partial charge in [-0.1, -0.05) is 24.3 Å². The van der Waals surface area contributed by atoms with Gasteiger partial charge >= 0.3 is 0 Å². The number of aromatic nitrogens is 2. The predicted octanol–water partition coefficient (Wildman–Crippen LogP) is 2.66. The molecule has 0 fully saturated rings. The molecule has 1 aromatic rings. The summed E-state index contributed by atoms with van der Waals surface area (Å²) in [4.78, 5) is 0.0622. The summed E-state index contributed by atoms with van der Waals surface area (Å²) in [5.74, 6) is 0. The van der Waals surface area contributed by atoms with E-state index in [1.807, 2.05) is 18.2 Å². The molecule has 0 atom stereocenters. The normalized spacial score (nSPS) is 12.1. The highest BCUT2D eigenvalue weighted by Crippen LogP contribution is 2.29. The van der Waals surface area contributed by atoms with E-state index >= 15 is 0 Å². The van der Waals surface area contributed by atoms with Gasteiger partial charge in [0.05, 0.1) is 11.1 Å². The Morgan fingerprint density at radius 3 is 2.72 bits per heavy atom. The number of hydrogen-bond donors (Lipinski definition) is 0. The van der Waals surface area contributed by atoms with Crippen molar-refractivity contribution >= 4 is 30.5 Å². The Morgan fingerprint density at radius 2 is 1.94 bits per heavy atom. The molecule has 4 nitrogen and oxygen atoms in total. The largest absolute Gasteiger partial charge is 0.261 e. The van der Waals surface area contributed by atoms with Crippen molar-refractivity contribution in [3.05, 3.63) is 42.6 Å². The summed E-state index contributed by atoms with van der Waals surface area (Å²) in [6, 6.07) is 10.4. The number of benzene rings is 1. The summed E-state index contributed by atoms with van der Waals surface area (Å²) in [5.41, 5.74) is 1.52. The van der Waals surface area contributed by atoms with Crippen LogP contribution in [0.25, 0.3) is 22.0 Å². The lowest BCUT2D eigenvalue weighted by molar-refractivity contribution is 0.609. The second-order valence-corrected chi connectivity index (χ2v) is 6.43. The van der Waals surface area contributed by atoms with Crippen LogP contribution in [0.5, 0.6) is 0 Å². The van der Waals surface area contributed by atoms with Crippen molar-refractivity contribution in [2.24, 2.45) is 0 Å². The lowest BCUT2D eigenvalue weighted by atomic mass is 10.1. The van der Waals surface area contributed by atoms with E-state index in [4.69, 9.17) is 10.7 Å². The molecule has 0 spiro atoms. The van der Waals surface area contributed by atoms with Crippen molar-refractivity contribution in [1.29, 1.82) is 0 Å². The summed E-state index contributed by atoms with van der Waals surface area (Å²) in [5, 5.41) is 9.46. The minimum atomic E-state index is -3.74. The van der Waals surface area contributed by atoms with Crippen molar-refractivity contribution in [2.75, 3.05) is 0 Å². The molecule has 1 aliphatic heterocycles. The zero-order chi connectivity index (χ0) is 12.8. The van der Waals surface area contributed by atoms with Gasteiger partial charge in [0.25, 0.3) is 9.05 Å². The topological polar surface area (TPSA) is 59.9 Å². The van der Waals surface area contributed by atoms with Crippen LogP contribution in [-0.4, -0.2) is 18.6 Å². The van der Waals surface area contributed by atoms with E-state index in [0.717, 1.165) is 10.9 Å². The monoisotopic (exact) mass is 278 g/mol. The minimum Gasteiger partial charge on any atom is -0.207 e. The number of halogens is 1. The highest BCUT2D eigenvalue weighted by Gasteiger charge is 2.13. The average molecular weight is 279 g/mol. The third kappa shape index (κ3) is 1.81. The summed E-state index contributed by atoms with van der Waals surface area (Å²) in [7, 11) is 1.61. The first-order valence-electron chi connectivity index (χ1n) is 5.14. The van der Waals surface area contributed by atoms with E-state index in [1.165, 1.54) is 12.1 Å². The lowest BCUT2D eigenvalue weighted by Crippen LogP contribution is -1.90. The first kappa shape index (κ1) is 11.4. The second-order valence-electron chi connectivity index (χ2n) is 3.86. The molecule has 1 aromatic carbocycles. The predicted molar refractivity (Wildman–Crippen MR) is 69.2 cm³/mol. The Balaban J connectivity index is 2.45. The molecule has 0 saturated heterocycles. The number of nitrogens with zero attached hydrogens (tertiary/aromatic N) is 2. The van der Waals surface area contributed by atoms with Gasteiger partial charge in [-0.05, 0) is 17.5 Å². The molecule has 3 rings (SSSR count). The highest BCUT2D eigenvalue weighted by molar-refractivity contribution is 8.13. The fourth-order valence-corrected chi connectivity index (χ4v) is 2.67. The Hall–Kier alpha value is -1.72. The lowest BCUT2D eigenvalue weighted by Gasteiger charge is -2.00. The second kappa shape index (κ2) is 3.90. The van der Waals surface area contributed by atoms with Crippen molar-refractivity contribution in [2.45, 2.75) is 4.90 Å². The molecule has 18 heavy (non-hydrogen) atoms. The molecule has 0 amide bonds. The molecule has 6 heteroatoms. The average Bonchev–Trinajstić information content (AvgIpc) is 2.70. The van der Waals surface area contributed by atoms with Gasteiger partial charge < -0.3 is 0 Å². The fraction of sp³-hybridized carbons (Fsp3) is 0. The molecule has 0 unspecified atom stereocenters. The van der Waals surface area contributed by atoms with Crippen LogP contribution in [0, 0.1) is 0 Å². The Kier molecular flexibility index (Phi) is 2.46. The van der Waals surface area contributed by atoms with Gasteiger partial charge in [-0.3, -0.25) is 0 Å². The van der Waals surface area contributed by atoms with E-state index in [1.54, 1.807) is 12.3 Å². The van der Waals surface area contributed by atoms with Crippen molar-refractivity contribution in [3.8, 4) is 11.3 Å². The SMILES string of the molecule is O=S(=O)(Cl)c1ccc2cccc3cnnc-3c2c1. The van der Waals surface area contributed by atoms with E-state index in [9.17, 15) is 8.42 Å². The zero-order valence-electron chi connectivity index (χ0n) is 9.04. The smallest absolute Gasteiger partial charge is 0.207 e. The van der Waals surface area contributed by atoms with Crippen molar-refractivity contribution < 1.29 is 8.42 Å². The van der Waals surface area contributed by atoms with Crippen molar-refractivity contribution in [1.82, 2.24) is 10.2 Å². The van der Waals surface area contributed by atoms with Crippen LogP contribution in [0.2, 0.25) is 0 Å². The molecule has 0 radical (unpaired) electrons. The first-order chi connectivity index (χ1) is 8.55. The highest BCUT2D eigenvalue weighted by atomic mass is 35.7. The van der Waals surface area contributed by atoms with E-state index in [2.05, 4.69) is 10.2 Å². The van der Waals surface area contributed by atoms with Crippen molar-refractivity contribution in [3.63, 3.8) is 0 Å². The van der Waals surface area contributed by atoms with Crippen LogP contribution in [0.1, 0.15) is 0 Å². The molecule has 0 N–H and O–H groups in total. The number of hydrogen-bond acceptors (Lipinski definition) is 4.